The van der Waals surface area contributed by atoms with Gasteiger partial charge in [-0.15, -0.1) is 0 Å². The van der Waals surface area contributed by atoms with Crippen molar-refractivity contribution in [3.05, 3.63) is 35.4 Å². The van der Waals surface area contributed by atoms with Crippen LogP contribution in [0.25, 0.3) is 0 Å². The molecule has 25 heavy (non-hydrogen) atoms. The largest absolute Gasteiger partial charge is 0.351 e. The van der Waals surface area contributed by atoms with Crippen LogP contribution in [0.3, 0.4) is 0 Å². The number of hydrogen-bond acceptors (Lipinski definition) is 2. The molecular weight excluding hydrogens is 314 g/mol. The maximum absolute atomic E-state index is 13.6. The molecule has 1 aliphatic heterocycles. The molecule has 5 nitrogen and oxygen atoms in total. The smallest absolute Gasteiger partial charge is 0.314 e. The number of benzene rings is 1. The Morgan fingerprint density at radius 1 is 0.960 bits per heavy atom. The molecule has 5 heteroatoms. The summed E-state index contributed by atoms with van der Waals surface area (Å²) in [7, 11) is 0. The maximum atomic E-state index is 13.6. The average Bonchev–Trinajstić information content (AvgIpc) is 2.88. The Hall–Kier alpha value is -2.04. The van der Waals surface area contributed by atoms with Gasteiger partial charge in [-0.05, 0) is 31.7 Å². The molecule has 2 fully saturated rings. The van der Waals surface area contributed by atoms with Crippen molar-refractivity contribution in [2.45, 2.75) is 50.9 Å². The lowest BCUT2D eigenvalue weighted by Gasteiger charge is -2.40. The number of carbonyl (C=O) groups excluding carboxylic acids is 2. The third-order valence-corrected chi connectivity index (χ3v) is 5.78. The lowest BCUT2D eigenvalue weighted by molar-refractivity contribution is -0.138. The van der Waals surface area contributed by atoms with Crippen molar-refractivity contribution < 1.29 is 9.59 Å². The van der Waals surface area contributed by atoms with E-state index in [0.29, 0.717) is 26.2 Å². The maximum Gasteiger partial charge on any atom is 0.314 e. The molecule has 1 aliphatic carbocycles. The summed E-state index contributed by atoms with van der Waals surface area (Å²) in [6.45, 7) is 4.54. The number of nitrogens with two attached hydrogens (primary N) is 1. The van der Waals surface area contributed by atoms with E-state index in [4.69, 9.17) is 5.73 Å². The van der Waals surface area contributed by atoms with Crippen LogP contribution in [0.4, 0.5) is 4.79 Å². The summed E-state index contributed by atoms with van der Waals surface area (Å²) >= 11 is 0. The molecule has 0 spiro atoms. The Morgan fingerprint density at radius 3 is 2.32 bits per heavy atom. The van der Waals surface area contributed by atoms with Crippen LogP contribution in [0.15, 0.2) is 24.3 Å². The predicted molar refractivity (Wildman–Crippen MR) is 98.3 cm³/mol. The Bertz CT molecular complexity index is 638. The minimum Gasteiger partial charge on any atom is -0.351 e. The highest BCUT2D eigenvalue weighted by Crippen LogP contribution is 2.41. The van der Waals surface area contributed by atoms with Crippen molar-refractivity contribution in [1.82, 2.24) is 9.80 Å². The van der Waals surface area contributed by atoms with Gasteiger partial charge >= 0.3 is 6.03 Å². The first kappa shape index (κ1) is 17.8. The van der Waals surface area contributed by atoms with E-state index in [1.165, 1.54) is 12.0 Å². The fourth-order valence-electron chi connectivity index (χ4n) is 4.37. The summed E-state index contributed by atoms with van der Waals surface area (Å²) in [4.78, 5) is 28.7. The van der Waals surface area contributed by atoms with E-state index >= 15 is 0 Å². The summed E-state index contributed by atoms with van der Waals surface area (Å²) in [5, 5.41) is 0. The zero-order chi connectivity index (χ0) is 17.9. The second kappa shape index (κ2) is 7.46. The minimum atomic E-state index is -0.397. The highest BCUT2D eigenvalue weighted by molar-refractivity contribution is 5.88. The lowest BCUT2D eigenvalue weighted by atomic mass is 9.68. The van der Waals surface area contributed by atoms with Crippen LogP contribution in [0.1, 0.15) is 49.7 Å². The van der Waals surface area contributed by atoms with Gasteiger partial charge in [-0.3, -0.25) is 4.79 Å². The van der Waals surface area contributed by atoms with Gasteiger partial charge in [0.15, 0.2) is 0 Å². The Balaban J connectivity index is 1.86. The van der Waals surface area contributed by atoms with Crippen molar-refractivity contribution in [1.29, 1.82) is 0 Å². The first-order chi connectivity index (χ1) is 12.0. The van der Waals surface area contributed by atoms with Crippen LogP contribution < -0.4 is 5.73 Å². The molecule has 2 aliphatic rings. The van der Waals surface area contributed by atoms with E-state index in [-0.39, 0.29) is 11.9 Å². The minimum absolute atomic E-state index is 0.240. The van der Waals surface area contributed by atoms with Gasteiger partial charge in [0.1, 0.15) is 0 Å². The van der Waals surface area contributed by atoms with Crippen molar-refractivity contribution in [3.63, 3.8) is 0 Å². The molecule has 0 unspecified atom stereocenters. The second-order valence-corrected chi connectivity index (χ2v) is 7.48. The SMILES string of the molecule is Cc1cccc(C2(C(=O)N3CCCN(C(N)=O)CC3)CCCCC2)c1. The van der Waals surface area contributed by atoms with Crippen molar-refractivity contribution in [3.8, 4) is 0 Å². The standard InChI is InChI=1S/C20H29N3O2/c1-16-7-5-8-17(15-16)20(9-3-2-4-10-20)18(24)22-11-6-12-23(14-13-22)19(21)25/h5,7-8,15H,2-4,6,9-14H2,1H3,(H2,21,25). The zero-order valence-electron chi connectivity index (χ0n) is 15.2. The van der Waals surface area contributed by atoms with Gasteiger partial charge in [-0.25, -0.2) is 4.79 Å². The monoisotopic (exact) mass is 343 g/mol. The van der Waals surface area contributed by atoms with Gasteiger partial charge in [0.05, 0.1) is 5.41 Å². The highest BCUT2D eigenvalue weighted by atomic mass is 16.2. The number of nitrogens with zero attached hydrogens (tertiary/aromatic N) is 2. The third kappa shape index (κ3) is 3.65. The first-order valence-corrected chi connectivity index (χ1v) is 9.44. The second-order valence-electron chi connectivity index (χ2n) is 7.48. The summed E-state index contributed by atoms with van der Waals surface area (Å²) < 4.78 is 0. The molecule has 1 heterocycles. The molecule has 136 valence electrons. The van der Waals surface area contributed by atoms with Gasteiger partial charge in [-0.2, -0.15) is 0 Å². The fourth-order valence-corrected chi connectivity index (χ4v) is 4.37. The van der Waals surface area contributed by atoms with Crippen LogP contribution in [0.2, 0.25) is 0 Å². The van der Waals surface area contributed by atoms with Crippen LogP contribution in [0, 0.1) is 6.92 Å². The number of amides is 3. The van der Waals surface area contributed by atoms with Crippen LogP contribution in [-0.4, -0.2) is 47.9 Å². The Labute approximate surface area is 150 Å². The highest BCUT2D eigenvalue weighted by Gasteiger charge is 2.43. The van der Waals surface area contributed by atoms with Gasteiger partial charge in [0.2, 0.25) is 5.91 Å². The number of urea groups is 1. The molecule has 1 aromatic carbocycles. The van der Waals surface area contributed by atoms with Crippen molar-refractivity contribution in [2.75, 3.05) is 26.2 Å². The molecule has 3 rings (SSSR count). The van der Waals surface area contributed by atoms with Gasteiger partial charge < -0.3 is 15.5 Å². The van der Waals surface area contributed by atoms with Crippen LogP contribution in [-0.2, 0) is 10.2 Å². The Morgan fingerprint density at radius 2 is 1.64 bits per heavy atom. The number of carbonyl (C=O) groups is 2. The van der Waals surface area contributed by atoms with Crippen LogP contribution >= 0.6 is 0 Å². The molecule has 0 aromatic heterocycles. The van der Waals surface area contributed by atoms with Crippen LogP contribution in [0.5, 0.6) is 0 Å². The number of rotatable bonds is 2. The molecule has 0 radical (unpaired) electrons. The summed E-state index contributed by atoms with van der Waals surface area (Å²) in [5.41, 5.74) is 7.38. The molecule has 0 atom stereocenters. The van der Waals surface area contributed by atoms with E-state index < -0.39 is 5.41 Å². The van der Waals surface area contributed by atoms with E-state index in [9.17, 15) is 9.59 Å². The first-order valence-electron chi connectivity index (χ1n) is 9.44. The lowest BCUT2D eigenvalue weighted by Crippen LogP contribution is -2.49. The quantitative estimate of drug-likeness (QED) is 0.897. The molecule has 2 N–H and O–H groups in total. The predicted octanol–water partition coefficient (Wildman–Crippen LogP) is 2.81. The summed E-state index contributed by atoms with van der Waals surface area (Å²) in [5.74, 6) is 0.240. The van der Waals surface area contributed by atoms with Gasteiger partial charge in [-0.1, -0.05) is 49.1 Å². The number of hydrogen-bond donors (Lipinski definition) is 1. The molecule has 1 saturated carbocycles. The third-order valence-electron chi connectivity index (χ3n) is 5.78. The van der Waals surface area contributed by atoms with Crippen molar-refractivity contribution in [2.24, 2.45) is 5.73 Å². The molecule has 3 amide bonds. The topological polar surface area (TPSA) is 66.6 Å². The van der Waals surface area contributed by atoms with E-state index in [2.05, 4.69) is 31.2 Å². The molecule has 1 aromatic rings. The average molecular weight is 343 g/mol. The van der Waals surface area contributed by atoms with E-state index in [0.717, 1.165) is 37.7 Å². The van der Waals surface area contributed by atoms with E-state index in [1.54, 1.807) is 4.90 Å². The summed E-state index contributed by atoms with van der Waals surface area (Å²) in [6.07, 6.45) is 6.04. The molecular formula is C20H29N3O2. The van der Waals surface area contributed by atoms with Gasteiger partial charge in [0, 0.05) is 26.2 Å². The number of aryl methyl sites for hydroxylation is 1. The fraction of sp³-hybridized carbons (Fsp3) is 0.600. The normalized spacial score (nSPS) is 20.8. The zero-order valence-corrected chi connectivity index (χ0v) is 15.2. The Kier molecular flexibility index (Phi) is 5.30. The van der Waals surface area contributed by atoms with E-state index in [1.807, 2.05) is 4.90 Å². The number of primary amides is 1. The van der Waals surface area contributed by atoms with Gasteiger partial charge in [0.25, 0.3) is 0 Å². The molecule has 0 bridgehead atoms. The summed E-state index contributed by atoms with van der Waals surface area (Å²) in [6, 6.07) is 8.05. The van der Waals surface area contributed by atoms with Crippen molar-refractivity contribution >= 4 is 11.9 Å². The molecule has 1 saturated heterocycles.